The number of aromatic nitrogens is 1. The fraction of sp³-hybridized carbons (Fsp3) is 0.476. The number of thiazole rings is 1. The number of nitrogens with one attached hydrogen (secondary N) is 2. The lowest BCUT2D eigenvalue weighted by molar-refractivity contribution is -0.143. The summed E-state index contributed by atoms with van der Waals surface area (Å²) < 4.78 is 0.828. The topological polar surface area (TPSA) is 91.3 Å². The number of carbonyl (C=O) groups is 2. The van der Waals surface area contributed by atoms with Gasteiger partial charge in [-0.05, 0) is 66.2 Å². The highest BCUT2D eigenvalue weighted by molar-refractivity contribution is 9.10. The first-order chi connectivity index (χ1) is 14.0. The number of amides is 1. The van der Waals surface area contributed by atoms with Crippen LogP contribution in [0, 0.1) is 11.8 Å². The molecular weight excluding hydrogens is 454 g/mol. The number of anilines is 1. The lowest BCUT2D eigenvalue weighted by Gasteiger charge is -2.25. The lowest BCUT2D eigenvalue weighted by Crippen LogP contribution is -2.29. The molecule has 2 heterocycles. The van der Waals surface area contributed by atoms with E-state index in [0.29, 0.717) is 25.7 Å². The Hall–Kier alpha value is -1.77. The van der Waals surface area contributed by atoms with Crippen LogP contribution < -0.4 is 10.6 Å². The van der Waals surface area contributed by atoms with E-state index in [4.69, 9.17) is 10.1 Å². The maximum atomic E-state index is 12.6. The van der Waals surface area contributed by atoms with Crippen molar-refractivity contribution in [2.45, 2.75) is 38.5 Å². The number of halogens is 1. The van der Waals surface area contributed by atoms with Crippen LogP contribution in [0.3, 0.4) is 0 Å². The molecule has 0 radical (unpaired) electrons. The number of nitrogens with zero attached hydrogens (tertiary/aromatic N) is 1. The first kappa shape index (κ1) is 20.5. The minimum absolute atomic E-state index is 0.0317. The number of fused-ring (bicyclic) bond motifs is 1. The van der Waals surface area contributed by atoms with E-state index in [1.54, 1.807) is 11.3 Å². The molecule has 154 valence electrons. The Bertz CT molecular complexity index is 898. The van der Waals surface area contributed by atoms with Crippen molar-refractivity contribution < 1.29 is 14.7 Å². The van der Waals surface area contributed by atoms with Crippen molar-refractivity contribution in [1.82, 2.24) is 10.3 Å². The second kappa shape index (κ2) is 8.93. The maximum absolute atomic E-state index is 12.6. The second-order valence-electron chi connectivity index (χ2n) is 7.71. The smallest absolute Gasteiger partial charge is 0.306 e. The van der Waals surface area contributed by atoms with Crippen LogP contribution in [-0.2, 0) is 22.4 Å². The molecule has 1 aromatic carbocycles. The van der Waals surface area contributed by atoms with Gasteiger partial charge in [0.25, 0.3) is 0 Å². The van der Waals surface area contributed by atoms with Crippen LogP contribution in [0.5, 0.6) is 0 Å². The van der Waals surface area contributed by atoms with Gasteiger partial charge in [-0.3, -0.25) is 9.59 Å². The van der Waals surface area contributed by atoms with Gasteiger partial charge in [0, 0.05) is 40.3 Å². The number of carboxylic acid groups (broad SMARTS) is 1. The molecule has 29 heavy (non-hydrogen) atoms. The quantitative estimate of drug-likeness (QED) is 0.616. The number of hydrogen-bond acceptors (Lipinski definition) is 5. The van der Waals surface area contributed by atoms with Crippen LogP contribution >= 0.6 is 27.3 Å². The van der Waals surface area contributed by atoms with Crippen LogP contribution in [0.15, 0.2) is 22.7 Å². The molecule has 4 rings (SSSR count). The Kier molecular flexibility index (Phi) is 6.32. The molecule has 3 N–H and O–H groups in total. The second-order valence-corrected chi connectivity index (χ2v) is 9.65. The average Bonchev–Trinajstić information content (AvgIpc) is 3.00. The molecule has 8 heteroatoms. The van der Waals surface area contributed by atoms with E-state index in [0.717, 1.165) is 46.7 Å². The normalized spacial score (nSPS) is 21.8. The molecule has 0 bridgehead atoms. The standard InChI is InChI=1S/C21H24BrN3O3S/c22-15-11-14(20-25-17-7-9-23-10-8-18(17)29-20)5-6-16(15)24-19(26)12-1-3-13(4-2-12)21(27)28/h5-6,11-13,23H,1-4,7-10H2,(H,24,26)(H,27,28). The van der Waals surface area contributed by atoms with Crippen LogP contribution in [-0.4, -0.2) is 35.1 Å². The Morgan fingerprint density at radius 2 is 1.86 bits per heavy atom. The molecule has 2 aliphatic rings. The summed E-state index contributed by atoms with van der Waals surface area (Å²) >= 11 is 5.33. The number of hydrogen-bond donors (Lipinski definition) is 3. The first-order valence-corrected chi connectivity index (χ1v) is 11.6. The van der Waals surface area contributed by atoms with Gasteiger partial charge < -0.3 is 15.7 Å². The zero-order chi connectivity index (χ0) is 20.4. The number of rotatable bonds is 4. The molecule has 0 atom stereocenters. The van der Waals surface area contributed by atoms with Crippen LogP contribution in [0.1, 0.15) is 36.3 Å². The Balaban J connectivity index is 1.43. The number of carboxylic acids is 1. The van der Waals surface area contributed by atoms with Crippen molar-refractivity contribution in [3.8, 4) is 10.6 Å². The zero-order valence-corrected chi connectivity index (χ0v) is 18.4. The molecule has 1 aromatic heterocycles. The fourth-order valence-corrected chi connectivity index (χ4v) is 5.60. The van der Waals surface area contributed by atoms with Gasteiger partial charge in [-0.25, -0.2) is 4.98 Å². The zero-order valence-electron chi connectivity index (χ0n) is 16.0. The minimum Gasteiger partial charge on any atom is -0.481 e. The third-order valence-corrected chi connectivity index (χ3v) is 7.63. The molecule has 1 fully saturated rings. The van der Waals surface area contributed by atoms with Crippen LogP contribution in [0.2, 0.25) is 0 Å². The molecule has 1 aliphatic carbocycles. The number of benzene rings is 1. The van der Waals surface area contributed by atoms with Crippen molar-refractivity contribution >= 4 is 44.8 Å². The summed E-state index contributed by atoms with van der Waals surface area (Å²) in [6, 6.07) is 5.92. The summed E-state index contributed by atoms with van der Waals surface area (Å²) in [5, 5.41) is 16.5. The van der Waals surface area contributed by atoms with E-state index < -0.39 is 5.97 Å². The van der Waals surface area contributed by atoms with Crippen molar-refractivity contribution in [1.29, 1.82) is 0 Å². The third kappa shape index (κ3) is 4.70. The number of carbonyl (C=O) groups excluding carboxylic acids is 1. The minimum atomic E-state index is -0.752. The van der Waals surface area contributed by atoms with Crippen LogP contribution in [0.25, 0.3) is 10.6 Å². The Labute approximate surface area is 182 Å². The monoisotopic (exact) mass is 477 g/mol. The SMILES string of the molecule is O=C(O)C1CCC(C(=O)Nc2ccc(-c3nc4c(s3)CCNCC4)cc2Br)CC1. The molecule has 0 spiro atoms. The summed E-state index contributed by atoms with van der Waals surface area (Å²) in [7, 11) is 0. The van der Waals surface area contributed by atoms with Crippen LogP contribution in [0.4, 0.5) is 5.69 Å². The molecule has 1 saturated carbocycles. The van der Waals surface area contributed by atoms with Gasteiger partial charge in [-0.2, -0.15) is 0 Å². The van der Waals surface area contributed by atoms with E-state index in [9.17, 15) is 9.59 Å². The van der Waals surface area contributed by atoms with Crippen molar-refractivity contribution in [3.05, 3.63) is 33.2 Å². The summed E-state index contributed by atoms with van der Waals surface area (Å²) in [5.74, 6) is -1.22. The fourth-order valence-electron chi connectivity index (χ4n) is 4.02. The van der Waals surface area contributed by atoms with Gasteiger partial charge in [0.05, 0.1) is 17.3 Å². The van der Waals surface area contributed by atoms with E-state index in [2.05, 4.69) is 26.6 Å². The van der Waals surface area contributed by atoms with Gasteiger partial charge in [-0.1, -0.05) is 0 Å². The van der Waals surface area contributed by atoms with Gasteiger partial charge in [0.2, 0.25) is 5.91 Å². The summed E-state index contributed by atoms with van der Waals surface area (Å²) in [5.41, 5.74) is 2.98. The van der Waals surface area contributed by atoms with E-state index in [-0.39, 0.29) is 17.7 Å². The first-order valence-electron chi connectivity index (χ1n) is 10.0. The highest BCUT2D eigenvalue weighted by Crippen LogP contribution is 2.35. The molecule has 0 saturated heterocycles. The van der Waals surface area contributed by atoms with Crippen molar-refractivity contribution in [2.75, 3.05) is 18.4 Å². The summed E-state index contributed by atoms with van der Waals surface area (Å²) in [6.07, 6.45) is 4.36. The predicted molar refractivity (Wildman–Crippen MR) is 117 cm³/mol. The van der Waals surface area contributed by atoms with Gasteiger partial charge in [0.1, 0.15) is 5.01 Å². The van der Waals surface area contributed by atoms with Gasteiger partial charge >= 0.3 is 5.97 Å². The molecule has 0 unspecified atom stereocenters. The maximum Gasteiger partial charge on any atom is 0.306 e. The highest BCUT2D eigenvalue weighted by atomic mass is 79.9. The average molecular weight is 478 g/mol. The molecule has 1 amide bonds. The van der Waals surface area contributed by atoms with Crippen molar-refractivity contribution in [3.63, 3.8) is 0 Å². The molecule has 6 nitrogen and oxygen atoms in total. The van der Waals surface area contributed by atoms with E-state index in [1.807, 2.05) is 18.2 Å². The van der Waals surface area contributed by atoms with E-state index in [1.165, 1.54) is 10.6 Å². The van der Waals surface area contributed by atoms with E-state index >= 15 is 0 Å². The highest BCUT2D eigenvalue weighted by Gasteiger charge is 2.30. The predicted octanol–water partition coefficient (Wildman–Crippen LogP) is 4.09. The van der Waals surface area contributed by atoms with Gasteiger partial charge in [-0.15, -0.1) is 11.3 Å². The van der Waals surface area contributed by atoms with Gasteiger partial charge in [0.15, 0.2) is 0 Å². The van der Waals surface area contributed by atoms with Crippen molar-refractivity contribution in [2.24, 2.45) is 11.8 Å². The third-order valence-electron chi connectivity index (χ3n) is 5.77. The Morgan fingerprint density at radius 1 is 1.14 bits per heavy atom. The largest absolute Gasteiger partial charge is 0.481 e. The summed E-state index contributed by atoms with van der Waals surface area (Å²) in [4.78, 5) is 29.9. The summed E-state index contributed by atoms with van der Waals surface area (Å²) in [6.45, 7) is 1.97. The molecular formula is C21H24BrN3O3S. The number of aliphatic carboxylic acids is 1. The molecule has 1 aliphatic heterocycles. The lowest BCUT2D eigenvalue weighted by atomic mass is 9.81. The Morgan fingerprint density at radius 3 is 2.59 bits per heavy atom. The molecule has 2 aromatic rings.